The Morgan fingerprint density at radius 1 is 1.36 bits per heavy atom. The van der Waals surface area contributed by atoms with E-state index in [0.29, 0.717) is 5.92 Å². The van der Waals surface area contributed by atoms with Gasteiger partial charge in [0.1, 0.15) is 0 Å². The van der Waals surface area contributed by atoms with Crippen molar-refractivity contribution in [1.29, 1.82) is 0 Å². The molecule has 1 aromatic rings. The molecule has 76 valence electrons. The third-order valence-electron chi connectivity index (χ3n) is 3.28. The maximum absolute atomic E-state index is 5.26. The molecule has 2 aliphatic rings. The van der Waals surface area contributed by atoms with Crippen molar-refractivity contribution in [2.45, 2.75) is 31.6 Å². The Kier molecular flexibility index (Phi) is 2.01. The molecular weight excluding hydrogens is 178 g/mol. The molecule has 0 amide bonds. The van der Waals surface area contributed by atoms with Crippen molar-refractivity contribution in [2.75, 3.05) is 13.1 Å². The van der Waals surface area contributed by atoms with Gasteiger partial charge in [-0.05, 0) is 31.8 Å². The lowest BCUT2D eigenvalue weighted by molar-refractivity contribution is 0.288. The number of rotatable bonds is 3. The van der Waals surface area contributed by atoms with E-state index in [0.717, 1.165) is 37.1 Å². The number of hydrogen-bond donors (Lipinski definition) is 1. The van der Waals surface area contributed by atoms with Gasteiger partial charge in [0, 0.05) is 12.3 Å². The van der Waals surface area contributed by atoms with Crippen molar-refractivity contribution >= 4 is 0 Å². The van der Waals surface area contributed by atoms with Crippen LogP contribution in [-0.4, -0.2) is 23.2 Å². The molecule has 14 heavy (non-hydrogen) atoms. The summed E-state index contributed by atoms with van der Waals surface area (Å²) in [7, 11) is 0. The topological polar surface area (TPSA) is 51.0 Å². The summed E-state index contributed by atoms with van der Waals surface area (Å²) in [6.07, 6.45) is 4.75. The minimum atomic E-state index is 0.566. The fourth-order valence-electron chi connectivity index (χ4n) is 1.92. The van der Waals surface area contributed by atoms with E-state index in [1.807, 2.05) is 0 Å². The Hall–Kier alpha value is -0.900. The minimum Gasteiger partial charge on any atom is -0.339 e. The summed E-state index contributed by atoms with van der Waals surface area (Å²) in [6.45, 7) is 2.21. The van der Waals surface area contributed by atoms with Crippen LogP contribution in [0.25, 0.3) is 0 Å². The largest absolute Gasteiger partial charge is 0.339 e. The lowest BCUT2D eigenvalue weighted by Gasteiger charge is -2.25. The number of hydrogen-bond acceptors (Lipinski definition) is 4. The normalized spacial score (nSPS) is 23.1. The Balaban J connectivity index is 1.63. The second kappa shape index (κ2) is 3.35. The summed E-state index contributed by atoms with van der Waals surface area (Å²) >= 11 is 0. The van der Waals surface area contributed by atoms with E-state index < -0.39 is 0 Å². The van der Waals surface area contributed by atoms with Crippen molar-refractivity contribution in [3.05, 3.63) is 11.7 Å². The SMILES string of the molecule is C1CC(c2nc(CC3CNC3)no2)C1. The Bertz CT molecular complexity index is 315. The average Bonchev–Trinajstić information content (AvgIpc) is 2.42. The summed E-state index contributed by atoms with van der Waals surface area (Å²) in [5.41, 5.74) is 0. The Morgan fingerprint density at radius 2 is 2.21 bits per heavy atom. The number of nitrogens with one attached hydrogen (secondary N) is 1. The third kappa shape index (κ3) is 1.43. The van der Waals surface area contributed by atoms with Crippen LogP contribution in [0.5, 0.6) is 0 Å². The van der Waals surface area contributed by atoms with Gasteiger partial charge >= 0.3 is 0 Å². The maximum Gasteiger partial charge on any atom is 0.229 e. The van der Waals surface area contributed by atoms with Gasteiger partial charge < -0.3 is 9.84 Å². The lowest BCUT2D eigenvalue weighted by Crippen LogP contribution is -2.43. The van der Waals surface area contributed by atoms with E-state index in [2.05, 4.69) is 15.5 Å². The Labute approximate surface area is 83.1 Å². The smallest absolute Gasteiger partial charge is 0.229 e. The zero-order chi connectivity index (χ0) is 9.38. The van der Waals surface area contributed by atoms with Gasteiger partial charge in [-0.25, -0.2) is 0 Å². The van der Waals surface area contributed by atoms with E-state index >= 15 is 0 Å². The van der Waals surface area contributed by atoms with Crippen LogP contribution >= 0.6 is 0 Å². The molecule has 0 radical (unpaired) electrons. The van der Waals surface area contributed by atoms with E-state index in [4.69, 9.17) is 4.52 Å². The molecule has 4 heteroatoms. The molecule has 0 spiro atoms. The number of aromatic nitrogens is 2. The third-order valence-corrected chi connectivity index (χ3v) is 3.28. The van der Waals surface area contributed by atoms with Gasteiger partial charge in [0.15, 0.2) is 5.82 Å². The first-order valence-electron chi connectivity index (χ1n) is 5.45. The molecule has 4 nitrogen and oxygen atoms in total. The quantitative estimate of drug-likeness (QED) is 0.781. The van der Waals surface area contributed by atoms with Gasteiger partial charge in [0.05, 0.1) is 0 Å². The molecule has 1 aliphatic heterocycles. The summed E-state index contributed by atoms with van der Waals surface area (Å²) < 4.78 is 5.26. The maximum atomic E-state index is 5.26. The molecule has 1 N–H and O–H groups in total. The second-order valence-electron chi connectivity index (χ2n) is 4.41. The van der Waals surface area contributed by atoms with E-state index in [-0.39, 0.29) is 0 Å². The summed E-state index contributed by atoms with van der Waals surface area (Å²) in [5.74, 6) is 3.06. The van der Waals surface area contributed by atoms with Gasteiger partial charge in [-0.15, -0.1) is 0 Å². The molecule has 0 atom stereocenters. The van der Waals surface area contributed by atoms with Gasteiger partial charge in [-0.1, -0.05) is 11.6 Å². The highest BCUT2D eigenvalue weighted by molar-refractivity contribution is 4.99. The first-order chi connectivity index (χ1) is 6.92. The molecule has 2 fully saturated rings. The predicted molar refractivity (Wildman–Crippen MR) is 51.0 cm³/mol. The zero-order valence-corrected chi connectivity index (χ0v) is 8.20. The van der Waals surface area contributed by atoms with Crippen LogP contribution in [0, 0.1) is 5.92 Å². The molecule has 1 aliphatic carbocycles. The summed E-state index contributed by atoms with van der Waals surface area (Å²) in [5, 5.41) is 7.27. The standard InChI is InChI=1S/C10H15N3O/c1-2-8(3-1)10-12-9(13-14-10)4-7-5-11-6-7/h7-8,11H,1-6H2. The second-order valence-corrected chi connectivity index (χ2v) is 4.41. The highest BCUT2D eigenvalue weighted by Crippen LogP contribution is 2.35. The fourth-order valence-corrected chi connectivity index (χ4v) is 1.92. The summed E-state index contributed by atoms with van der Waals surface area (Å²) in [4.78, 5) is 4.45. The molecule has 0 bridgehead atoms. The van der Waals surface area contributed by atoms with Crippen LogP contribution in [-0.2, 0) is 6.42 Å². The first kappa shape index (κ1) is 8.41. The Morgan fingerprint density at radius 3 is 2.79 bits per heavy atom. The molecule has 1 aromatic heterocycles. The van der Waals surface area contributed by atoms with Gasteiger partial charge in [-0.2, -0.15) is 4.98 Å². The highest BCUT2D eigenvalue weighted by Gasteiger charge is 2.26. The molecule has 3 rings (SSSR count). The lowest BCUT2D eigenvalue weighted by atomic mass is 9.85. The van der Waals surface area contributed by atoms with Gasteiger partial charge in [0.2, 0.25) is 5.89 Å². The van der Waals surface area contributed by atoms with Crippen molar-refractivity contribution in [3.63, 3.8) is 0 Å². The fraction of sp³-hybridized carbons (Fsp3) is 0.800. The predicted octanol–water partition coefficient (Wildman–Crippen LogP) is 1.10. The average molecular weight is 193 g/mol. The molecular formula is C10H15N3O. The monoisotopic (exact) mass is 193 g/mol. The molecule has 1 saturated carbocycles. The highest BCUT2D eigenvalue weighted by atomic mass is 16.5. The van der Waals surface area contributed by atoms with Gasteiger partial charge in [0.25, 0.3) is 0 Å². The molecule has 1 saturated heterocycles. The van der Waals surface area contributed by atoms with E-state index in [9.17, 15) is 0 Å². The summed E-state index contributed by atoms with van der Waals surface area (Å²) in [6, 6.07) is 0. The van der Waals surface area contributed by atoms with Crippen LogP contribution < -0.4 is 5.32 Å². The van der Waals surface area contributed by atoms with Crippen LogP contribution in [0.1, 0.15) is 36.9 Å². The van der Waals surface area contributed by atoms with Crippen LogP contribution in [0.15, 0.2) is 4.52 Å². The van der Waals surface area contributed by atoms with Crippen molar-refractivity contribution < 1.29 is 4.52 Å². The van der Waals surface area contributed by atoms with E-state index in [1.54, 1.807) is 0 Å². The number of nitrogens with zero attached hydrogens (tertiary/aromatic N) is 2. The first-order valence-corrected chi connectivity index (χ1v) is 5.45. The molecule has 0 aromatic carbocycles. The van der Waals surface area contributed by atoms with Gasteiger partial charge in [-0.3, -0.25) is 0 Å². The zero-order valence-electron chi connectivity index (χ0n) is 8.20. The molecule has 0 unspecified atom stereocenters. The van der Waals surface area contributed by atoms with Crippen molar-refractivity contribution in [2.24, 2.45) is 5.92 Å². The van der Waals surface area contributed by atoms with Crippen LogP contribution in [0.2, 0.25) is 0 Å². The molecule has 2 heterocycles. The van der Waals surface area contributed by atoms with Crippen molar-refractivity contribution in [3.8, 4) is 0 Å². The van der Waals surface area contributed by atoms with Crippen molar-refractivity contribution in [1.82, 2.24) is 15.5 Å². The minimum absolute atomic E-state index is 0.566. The van der Waals surface area contributed by atoms with Crippen LogP contribution in [0.3, 0.4) is 0 Å². The van der Waals surface area contributed by atoms with Crippen LogP contribution in [0.4, 0.5) is 0 Å². The van der Waals surface area contributed by atoms with E-state index in [1.165, 1.54) is 19.3 Å².